The molecule has 0 radical (unpaired) electrons. The summed E-state index contributed by atoms with van der Waals surface area (Å²) in [5, 5.41) is 0. The van der Waals surface area contributed by atoms with E-state index < -0.39 is 0 Å². The second kappa shape index (κ2) is 18.0. The van der Waals surface area contributed by atoms with Gasteiger partial charge < -0.3 is 0 Å². The normalized spacial score (nSPS) is 11.3. The zero-order valence-corrected chi connectivity index (χ0v) is 17.8. The van der Waals surface area contributed by atoms with Crippen molar-refractivity contribution in [1.29, 1.82) is 0 Å². The summed E-state index contributed by atoms with van der Waals surface area (Å²) in [4.78, 5) is 11.9. The smallest absolute Gasteiger partial charge is 0.133 e. The van der Waals surface area contributed by atoms with E-state index in [1.165, 1.54) is 82.6 Å². The lowest BCUT2D eigenvalue weighted by molar-refractivity contribution is -0.119. The van der Waals surface area contributed by atoms with Gasteiger partial charge in [-0.3, -0.25) is 4.79 Å². The maximum Gasteiger partial charge on any atom is 0.133 e. The van der Waals surface area contributed by atoms with E-state index in [4.69, 9.17) is 0 Å². The standard InChI is InChI=1S/C26H42O/c1-2-3-4-5-6-7-8-9-10-11-12-13-14-15-19-22-26(27)24-23-25-20-17-16-18-21-25/h9-10,16-18,20-21H,2-8,11-15,19,22-24H2,1H3/b10-9-. The van der Waals surface area contributed by atoms with Crippen molar-refractivity contribution in [2.24, 2.45) is 0 Å². The maximum absolute atomic E-state index is 11.9. The molecule has 0 fully saturated rings. The van der Waals surface area contributed by atoms with Crippen molar-refractivity contribution in [2.75, 3.05) is 0 Å². The van der Waals surface area contributed by atoms with Crippen LogP contribution in [0.1, 0.15) is 109 Å². The Hall–Kier alpha value is -1.37. The van der Waals surface area contributed by atoms with Gasteiger partial charge in [0.15, 0.2) is 0 Å². The highest BCUT2D eigenvalue weighted by molar-refractivity contribution is 5.78. The van der Waals surface area contributed by atoms with Crippen molar-refractivity contribution in [3.63, 3.8) is 0 Å². The highest BCUT2D eigenvalue weighted by atomic mass is 16.1. The fourth-order valence-corrected chi connectivity index (χ4v) is 3.45. The second-order valence-electron chi connectivity index (χ2n) is 7.86. The highest BCUT2D eigenvalue weighted by Crippen LogP contribution is 2.11. The molecule has 0 atom stereocenters. The van der Waals surface area contributed by atoms with E-state index in [9.17, 15) is 4.79 Å². The third kappa shape index (κ3) is 15.4. The minimum atomic E-state index is 0.427. The summed E-state index contributed by atoms with van der Waals surface area (Å²) in [6.45, 7) is 2.27. The van der Waals surface area contributed by atoms with Crippen LogP contribution in [0.2, 0.25) is 0 Å². The van der Waals surface area contributed by atoms with Crippen molar-refractivity contribution in [3.05, 3.63) is 48.0 Å². The number of aryl methyl sites for hydroxylation is 1. The van der Waals surface area contributed by atoms with Crippen molar-refractivity contribution in [3.8, 4) is 0 Å². The lowest BCUT2D eigenvalue weighted by atomic mass is 10.0. The summed E-state index contributed by atoms with van der Waals surface area (Å²) >= 11 is 0. The zero-order chi connectivity index (χ0) is 19.4. The molecule has 0 unspecified atom stereocenters. The lowest BCUT2D eigenvalue weighted by Gasteiger charge is -2.02. The number of allylic oxidation sites excluding steroid dienone is 2. The van der Waals surface area contributed by atoms with E-state index in [-0.39, 0.29) is 0 Å². The summed E-state index contributed by atoms with van der Waals surface area (Å²) in [6, 6.07) is 10.3. The topological polar surface area (TPSA) is 17.1 Å². The Morgan fingerprint density at radius 1 is 0.704 bits per heavy atom. The predicted octanol–water partition coefficient (Wildman–Crippen LogP) is 8.23. The minimum Gasteiger partial charge on any atom is -0.300 e. The molecule has 0 spiro atoms. The van der Waals surface area contributed by atoms with Gasteiger partial charge in [-0.2, -0.15) is 0 Å². The van der Waals surface area contributed by atoms with Crippen LogP contribution in [-0.4, -0.2) is 5.78 Å². The fourth-order valence-electron chi connectivity index (χ4n) is 3.45. The number of ketones is 1. The summed E-state index contributed by atoms with van der Waals surface area (Å²) < 4.78 is 0. The molecule has 0 aliphatic carbocycles. The Balaban J connectivity index is 1.82. The molecular weight excluding hydrogens is 328 g/mol. The first-order valence-electron chi connectivity index (χ1n) is 11.5. The molecule has 1 heteroatoms. The van der Waals surface area contributed by atoms with Gasteiger partial charge in [-0.25, -0.2) is 0 Å². The van der Waals surface area contributed by atoms with Gasteiger partial charge in [0.25, 0.3) is 0 Å². The van der Waals surface area contributed by atoms with Gasteiger partial charge in [0.05, 0.1) is 0 Å². The van der Waals surface area contributed by atoms with E-state index in [1.807, 2.05) is 18.2 Å². The summed E-state index contributed by atoms with van der Waals surface area (Å²) in [5.41, 5.74) is 1.27. The number of rotatable bonds is 18. The molecule has 1 nitrogen and oxygen atoms in total. The third-order valence-electron chi connectivity index (χ3n) is 5.25. The Bertz CT molecular complexity index is 474. The van der Waals surface area contributed by atoms with Gasteiger partial charge in [-0.15, -0.1) is 0 Å². The minimum absolute atomic E-state index is 0.427. The number of Topliss-reactive ketones (excluding diaryl/α,β-unsaturated/α-hetero) is 1. The number of hydrogen-bond acceptors (Lipinski definition) is 1. The van der Waals surface area contributed by atoms with E-state index >= 15 is 0 Å². The summed E-state index contributed by atoms with van der Waals surface area (Å²) in [6.07, 6.45) is 24.1. The van der Waals surface area contributed by atoms with Crippen LogP contribution in [0.3, 0.4) is 0 Å². The molecule has 0 aromatic heterocycles. The molecule has 0 aliphatic rings. The third-order valence-corrected chi connectivity index (χ3v) is 5.25. The maximum atomic E-state index is 11.9. The molecule has 1 rings (SSSR count). The van der Waals surface area contributed by atoms with Gasteiger partial charge in [-0.05, 0) is 44.1 Å². The van der Waals surface area contributed by atoms with E-state index in [1.54, 1.807) is 0 Å². The van der Waals surface area contributed by atoms with Crippen LogP contribution in [0, 0.1) is 0 Å². The fraction of sp³-hybridized carbons (Fsp3) is 0.654. The average molecular weight is 371 g/mol. The van der Waals surface area contributed by atoms with E-state index in [0.717, 1.165) is 19.3 Å². The molecule has 0 heterocycles. The summed E-state index contributed by atoms with van der Waals surface area (Å²) in [5.74, 6) is 0.427. The van der Waals surface area contributed by atoms with E-state index in [0.29, 0.717) is 12.2 Å². The summed E-state index contributed by atoms with van der Waals surface area (Å²) in [7, 11) is 0. The largest absolute Gasteiger partial charge is 0.300 e. The molecule has 1 aromatic rings. The quantitative estimate of drug-likeness (QED) is 0.188. The van der Waals surface area contributed by atoms with Crippen LogP contribution in [0.15, 0.2) is 42.5 Å². The van der Waals surface area contributed by atoms with Gasteiger partial charge in [0, 0.05) is 12.8 Å². The van der Waals surface area contributed by atoms with Crippen molar-refractivity contribution in [2.45, 2.75) is 110 Å². The lowest BCUT2D eigenvalue weighted by Crippen LogP contribution is -2.00. The van der Waals surface area contributed by atoms with Crippen LogP contribution >= 0.6 is 0 Å². The molecule has 152 valence electrons. The molecule has 1 aromatic carbocycles. The average Bonchev–Trinajstić information content (AvgIpc) is 2.70. The van der Waals surface area contributed by atoms with Crippen molar-refractivity contribution < 1.29 is 4.79 Å². The molecule has 0 saturated carbocycles. The number of unbranched alkanes of at least 4 members (excludes halogenated alkanes) is 11. The van der Waals surface area contributed by atoms with Crippen LogP contribution in [0.5, 0.6) is 0 Å². The number of carbonyl (C=O) groups is 1. The zero-order valence-electron chi connectivity index (χ0n) is 17.8. The molecule has 0 N–H and O–H groups in total. The molecule has 0 aliphatic heterocycles. The Labute approximate surface area is 168 Å². The number of hydrogen-bond donors (Lipinski definition) is 0. The second-order valence-corrected chi connectivity index (χ2v) is 7.86. The van der Waals surface area contributed by atoms with Gasteiger partial charge in [0.1, 0.15) is 5.78 Å². The predicted molar refractivity (Wildman–Crippen MR) is 119 cm³/mol. The number of benzene rings is 1. The van der Waals surface area contributed by atoms with Crippen molar-refractivity contribution >= 4 is 5.78 Å². The first kappa shape index (κ1) is 23.7. The van der Waals surface area contributed by atoms with Crippen LogP contribution in [0.4, 0.5) is 0 Å². The van der Waals surface area contributed by atoms with Gasteiger partial charge in [-0.1, -0.05) is 101 Å². The first-order valence-corrected chi connectivity index (χ1v) is 11.5. The molecule has 27 heavy (non-hydrogen) atoms. The molecule has 0 bridgehead atoms. The SMILES string of the molecule is CCCCCCCC/C=C\CCCCCCCC(=O)CCc1ccccc1. The van der Waals surface area contributed by atoms with Gasteiger partial charge >= 0.3 is 0 Å². The molecule has 0 amide bonds. The molecular formula is C26H42O. The Morgan fingerprint density at radius 2 is 1.26 bits per heavy atom. The molecule has 0 saturated heterocycles. The highest BCUT2D eigenvalue weighted by Gasteiger charge is 2.02. The van der Waals surface area contributed by atoms with E-state index in [2.05, 4.69) is 31.2 Å². The van der Waals surface area contributed by atoms with Crippen molar-refractivity contribution in [1.82, 2.24) is 0 Å². The Kier molecular flexibility index (Phi) is 15.8. The van der Waals surface area contributed by atoms with Gasteiger partial charge in [0.2, 0.25) is 0 Å². The van der Waals surface area contributed by atoms with Crippen LogP contribution in [-0.2, 0) is 11.2 Å². The Morgan fingerprint density at radius 3 is 1.89 bits per heavy atom. The monoisotopic (exact) mass is 370 g/mol. The number of carbonyl (C=O) groups excluding carboxylic acids is 1. The first-order chi connectivity index (χ1) is 13.3. The van der Waals surface area contributed by atoms with Crippen LogP contribution in [0.25, 0.3) is 0 Å². The van der Waals surface area contributed by atoms with Crippen LogP contribution < -0.4 is 0 Å².